The van der Waals surface area contributed by atoms with Crippen LogP contribution in [0.5, 0.6) is 0 Å². The van der Waals surface area contributed by atoms with Crippen molar-refractivity contribution in [3.8, 4) is 12.0 Å². The van der Waals surface area contributed by atoms with E-state index < -0.39 is 17.9 Å². The number of rotatable bonds is 5. The standard InChI is InChI=1S/C36H40FN7O2/c1-23-18-27-25(20-38)14-11-15-28(27)43(23)33-39-32(41(34(45)46-36(5,6)7)21-24-12-9-8-10-13-24)30-17-16-29(44(30)40-33)31-19-26(37)22-42(31)35(2,3)4/h8-18,26,31H,19,21-22H2,1-7H3/t26-,31?/m0/s1. The first kappa shape index (κ1) is 31.2. The van der Waals surface area contributed by atoms with Crippen LogP contribution in [0, 0.1) is 18.3 Å². The van der Waals surface area contributed by atoms with Gasteiger partial charge in [-0.3, -0.25) is 14.4 Å². The number of nitriles is 1. The lowest BCUT2D eigenvalue weighted by molar-refractivity contribution is 0.0576. The second-order valence-electron chi connectivity index (χ2n) is 14.0. The van der Waals surface area contributed by atoms with E-state index in [2.05, 4.69) is 31.7 Å². The highest BCUT2D eigenvalue weighted by Crippen LogP contribution is 2.40. The first-order valence-corrected chi connectivity index (χ1v) is 15.6. The van der Waals surface area contributed by atoms with Crippen LogP contribution in [0.3, 0.4) is 0 Å². The Morgan fingerprint density at radius 1 is 1.04 bits per heavy atom. The molecular weight excluding hydrogens is 581 g/mol. The predicted octanol–water partition coefficient (Wildman–Crippen LogP) is 7.68. The van der Waals surface area contributed by atoms with E-state index in [4.69, 9.17) is 14.8 Å². The van der Waals surface area contributed by atoms with Gasteiger partial charge in [0.1, 0.15) is 17.3 Å². The van der Waals surface area contributed by atoms with Crippen molar-refractivity contribution in [1.29, 1.82) is 5.26 Å². The number of carbonyl (C=O) groups is 1. The summed E-state index contributed by atoms with van der Waals surface area (Å²) in [7, 11) is 0. The molecule has 46 heavy (non-hydrogen) atoms. The zero-order valence-electron chi connectivity index (χ0n) is 27.5. The van der Waals surface area contributed by atoms with E-state index in [1.807, 2.05) is 92.9 Å². The van der Waals surface area contributed by atoms with Gasteiger partial charge in [0.15, 0.2) is 5.82 Å². The largest absolute Gasteiger partial charge is 0.443 e. The van der Waals surface area contributed by atoms with Gasteiger partial charge in [-0.25, -0.2) is 13.7 Å². The van der Waals surface area contributed by atoms with Gasteiger partial charge in [-0.15, -0.1) is 5.10 Å². The molecule has 238 valence electrons. The molecule has 1 saturated heterocycles. The summed E-state index contributed by atoms with van der Waals surface area (Å²) in [4.78, 5) is 22.8. The van der Waals surface area contributed by atoms with Crippen molar-refractivity contribution < 1.29 is 13.9 Å². The Hall–Kier alpha value is -4.75. The molecule has 0 aliphatic carbocycles. The van der Waals surface area contributed by atoms with Gasteiger partial charge in [0.25, 0.3) is 5.95 Å². The molecule has 0 bridgehead atoms. The molecule has 3 aromatic heterocycles. The number of halogens is 1. The first-order chi connectivity index (χ1) is 21.7. The van der Waals surface area contributed by atoms with Crippen LogP contribution in [-0.4, -0.2) is 54.0 Å². The number of likely N-dealkylation sites (tertiary alicyclic amines) is 1. The molecule has 1 fully saturated rings. The second-order valence-corrected chi connectivity index (χ2v) is 14.0. The number of benzene rings is 2. The Kier molecular flexibility index (Phi) is 7.85. The van der Waals surface area contributed by atoms with Gasteiger partial charge < -0.3 is 4.74 Å². The molecule has 0 spiro atoms. The quantitative estimate of drug-likeness (QED) is 0.200. The average Bonchev–Trinajstić information content (AvgIpc) is 3.68. The number of ether oxygens (including phenoxy) is 1. The van der Waals surface area contributed by atoms with Crippen LogP contribution in [-0.2, 0) is 11.3 Å². The van der Waals surface area contributed by atoms with E-state index in [-0.39, 0.29) is 18.1 Å². The van der Waals surface area contributed by atoms with Gasteiger partial charge in [-0.1, -0.05) is 36.4 Å². The maximum absolute atomic E-state index is 15.1. The van der Waals surface area contributed by atoms with Crippen LogP contribution < -0.4 is 4.90 Å². The Labute approximate surface area is 268 Å². The molecule has 9 nitrogen and oxygen atoms in total. The fourth-order valence-electron chi connectivity index (χ4n) is 6.38. The Morgan fingerprint density at radius 2 is 1.78 bits per heavy atom. The van der Waals surface area contributed by atoms with Gasteiger partial charge >= 0.3 is 6.09 Å². The predicted molar refractivity (Wildman–Crippen MR) is 177 cm³/mol. The highest BCUT2D eigenvalue weighted by atomic mass is 19.1. The van der Waals surface area contributed by atoms with Crippen molar-refractivity contribution in [2.24, 2.45) is 0 Å². The zero-order chi connectivity index (χ0) is 33.0. The molecule has 1 unspecified atom stereocenters. The summed E-state index contributed by atoms with van der Waals surface area (Å²) >= 11 is 0. The molecular formula is C36H40FN7O2. The van der Waals surface area contributed by atoms with Crippen LogP contribution in [0.25, 0.3) is 22.4 Å². The molecule has 0 N–H and O–H groups in total. The summed E-state index contributed by atoms with van der Waals surface area (Å²) < 4.78 is 24.7. The van der Waals surface area contributed by atoms with Gasteiger partial charge in [0.05, 0.1) is 35.4 Å². The summed E-state index contributed by atoms with van der Waals surface area (Å²) in [6, 6.07) is 23.1. The number of hydrogen-bond donors (Lipinski definition) is 0. The average molecular weight is 622 g/mol. The first-order valence-electron chi connectivity index (χ1n) is 15.6. The van der Waals surface area contributed by atoms with E-state index in [0.717, 1.165) is 27.9 Å². The van der Waals surface area contributed by atoms with Crippen LogP contribution in [0.1, 0.15) is 76.5 Å². The lowest BCUT2D eigenvalue weighted by Gasteiger charge is -2.36. The summed E-state index contributed by atoms with van der Waals surface area (Å²) in [5, 5.41) is 15.7. The van der Waals surface area contributed by atoms with E-state index in [0.29, 0.717) is 35.8 Å². The monoisotopic (exact) mass is 621 g/mol. The minimum atomic E-state index is -0.980. The van der Waals surface area contributed by atoms with Crippen molar-refractivity contribution in [2.75, 3.05) is 11.4 Å². The molecule has 10 heteroatoms. The molecule has 0 radical (unpaired) electrons. The molecule has 1 aliphatic rings. The highest BCUT2D eigenvalue weighted by Gasteiger charge is 2.41. The zero-order valence-corrected chi connectivity index (χ0v) is 27.5. The topological polar surface area (TPSA) is 91.7 Å². The molecule has 4 heterocycles. The van der Waals surface area contributed by atoms with Crippen LogP contribution in [0.2, 0.25) is 0 Å². The summed E-state index contributed by atoms with van der Waals surface area (Å²) in [6.45, 7) is 14.2. The summed E-state index contributed by atoms with van der Waals surface area (Å²) in [5.41, 5.74) is 3.41. The molecule has 2 atom stereocenters. The fourth-order valence-corrected chi connectivity index (χ4v) is 6.38. The normalized spacial score (nSPS) is 17.5. The molecule has 1 aliphatic heterocycles. The number of fused-ring (bicyclic) bond motifs is 2. The molecule has 1 amide bonds. The minimum absolute atomic E-state index is 0.205. The van der Waals surface area contributed by atoms with Gasteiger partial charge in [0.2, 0.25) is 0 Å². The molecule has 6 rings (SSSR count). The number of hydrogen-bond acceptors (Lipinski definition) is 6. The van der Waals surface area contributed by atoms with Crippen LogP contribution in [0.15, 0.2) is 66.7 Å². The number of carbonyl (C=O) groups excluding carboxylic acids is 1. The Morgan fingerprint density at radius 3 is 2.46 bits per heavy atom. The number of anilines is 1. The van der Waals surface area contributed by atoms with E-state index >= 15 is 4.39 Å². The minimum Gasteiger partial charge on any atom is -0.443 e. The summed E-state index contributed by atoms with van der Waals surface area (Å²) in [5.74, 6) is 0.686. The number of aromatic nitrogens is 4. The lowest BCUT2D eigenvalue weighted by atomic mass is 10.0. The Bertz CT molecular complexity index is 1960. The fraction of sp³-hybridized carbons (Fsp3) is 0.389. The highest BCUT2D eigenvalue weighted by molar-refractivity contribution is 5.92. The second kappa shape index (κ2) is 11.6. The van der Waals surface area contributed by atoms with Crippen molar-refractivity contribution in [2.45, 2.75) is 84.8 Å². The molecule has 5 aromatic rings. The van der Waals surface area contributed by atoms with Crippen molar-refractivity contribution in [3.63, 3.8) is 0 Å². The van der Waals surface area contributed by atoms with Crippen LogP contribution in [0.4, 0.5) is 15.0 Å². The molecule has 0 saturated carbocycles. The van der Waals surface area contributed by atoms with Gasteiger partial charge in [-0.05, 0) is 84.4 Å². The molecule has 2 aromatic carbocycles. The maximum Gasteiger partial charge on any atom is 0.416 e. The third-order valence-electron chi connectivity index (χ3n) is 8.37. The van der Waals surface area contributed by atoms with Crippen molar-refractivity contribution in [3.05, 3.63) is 89.2 Å². The maximum atomic E-state index is 15.1. The number of aryl methyl sites for hydroxylation is 1. The number of alkyl halides is 1. The van der Waals surface area contributed by atoms with Gasteiger partial charge in [-0.2, -0.15) is 10.2 Å². The lowest BCUT2D eigenvalue weighted by Crippen LogP contribution is -2.41. The van der Waals surface area contributed by atoms with Crippen molar-refractivity contribution in [1.82, 2.24) is 24.1 Å². The van der Waals surface area contributed by atoms with E-state index in [9.17, 15) is 10.1 Å². The number of nitrogens with zero attached hydrogens (tertiary/aromatic N) is 7. The third kappa shape index (κ3) is 5.83. The van der Waals surface area contributed by atoms with E-state index in [1.54, 1.807) is 15.5 Å². The summed E-state index contributed by atoms with van der Waals surface area (Å²) in [6.07, 6.45) is -1.20. The van der Waals surface area contributed by atoms with E-state index in [1.165, 1.54) is 0 Å². The van der Waals surface area contributed by atoms with Crippen LogP contribution >= 0.6 is 0 Å². The smallest absolute Gasteiger partial charge is 0.416 e. The number of amides is 1. The van der Waals surface area contributed by atoms with Crippen molar-refractivity contribution >= 4 is 28.3 Å². The Balaban J connectivity index is 1.63. The van der Waals surface area contributed by atoms with Gasteiger partial charge in [0, 0.05) is 29.6 Å². The SMILES string of the molecule is Cc1cc2c(C#N)cccc2n1-c1nc(N(Cc2ccccc2)C(=O)OC(C)(C)C)c2ccc(C3C[C@H](F)CN3C(C)(C)C)n2n1. The third-order valence-corrected chi connectivity index (χ3v) is 8.37.